The van der Waals surface area contributed by atoms with Crippen LogP contribution in [-0.4, -0.2) is 37.2 Å². The van der Waals surface area contributed by atoms with Crippen molar-refractivity contribution < 1.29 is 18.7 Å². The van der Waals surface area contributed by atoms with Crippen LogP contribution in [0.2, 0.25) is 0 Å². The Bertz CT molecular complexity index is 806. The van der Waals surface area contributed by atoms with Gasteiger partial charge in [0, 0.05) is 30.6 Å². The maximum atomic E-state index is 13.9. The lowest BCUT2D eigenvalue weighted by atomic mass is 10.1. The van der Waals surface area contributed by atoms with Crippen molar-refractivity contribution in [2.75, 3.05) is 25.5 Å². The number of aromatic nitrogens is 1. The lowest BCUT2D eigenvalue weighted by Gasteiger charge is -2.25. The van der Waals surface area contributed by atoms with E-state index in [0.29, 0.717) is 5.69 Å². The lowest BCUT2D eigenvalue weighted by Crippen LogP contribution is -2.34. The molecule has 0 atom stereocenters. The summed E-state index contributed by atoms with van der Waals surface area (Å²) < 4.78 is 25.2. The van der Waals surface area contributed by atoms with E-state index in [2.05, 4.69) is 15.6 Å². The molecule has 1 aromatic carbocycles. The molecular formula is C20H22FN3O3. The third-order valence-electron chi connectivity index (χ3n) is 4.19. The van der Waals surface area contributed by atoms with Crippen molar-refractivity contribution >= 4 is 17.7 Å². The summed E-state index contributed by atoms with van der Waals surface area (Å²) in [6, 6.07) is 6.10. The largest absolute Gasteiger partial charge is 0.494 e. The number of nitrogens with one attached hydrogen (secondary N) is 2. The SMILES string of the molecule is COc1cc(F)cc(OC2CCNCC2)c1NC(=O)/C=C/c1cccnc1. The summed E-state index contributed by atoms with van der Waals surface area (Å²) in [6.45, 7) is 1.68. The number of anilines is 1. The number of ether oxygens (including phenoxy) is 2. The number of carbonyl (C=O) groups is 1. The van der Waals surface area contributed by atoms with Crippen molar-refractivity contribution in [1.82, 2.24) is 10.3 Å². The van der Waals surface area contributed by atoms with Crippen LogP contribution >= 0.6 is 0 Å². The van der Waals surface area contributed by atoms with E-state index < -0.39 is 5.82 Å². The van der Waals surface area contributed by atoms with Gasteiger partial charge in [0.15, 0.2) is 0 Å². The Hall–Kier alpha value is -2.93. The molecule has 0 spiro atoms. The molecule has 0 unspecified atom stereocenters. The maximum absolute atomic E-state index is 13.9. The molecule has 0 aliphatic carbocycles. The van der Waals surface area contributed by atoms with Gasteiger partial charge in [-0.05, 0) is 43.6 Å². The predicted molar refractivity (Wildman–Crippen MR) is 101 cm³/mol. The summed E-state index contributed by atoms with van der Waals surface area (Å²) in [6.07, 6.45) is 7.92. The molecule has 1 aliphatic rings. The van der Waals surface area contributed by atoms with Crippen molar-refractivity contribution in [1.29, 1.82) is 0 Å². The van der Waals surface area contributed by atoms with Crippen LogP contribution in [0.4, 0.5) is 10.1 Å². The molecule has 2 aromatic rings. The fourth-order valence-electron chi connectivity index (χ4n) is 2.84. The van der Waals surface area contributed by atoms with E-state index in [1.165, 1.54) is 25.3 Å². The van der Waals surface area contributed by atoms with Gasteiger partial charge in [-0.3, -0.25) is 9.78 Å². The molecule has 2 heterocycles. The van der Waals surface area contributed by atoms with Crippen LogP contribution in [0.3, 0.4) is 0 Å². The van der Waals surface area contributed by atoms with E-state index >= 15 is 0 Å². The predicted octanol–water partition coefficient (Wildman–Crippen LogP) is 3.01. The third-order valence-corrected chi connectivity index (χ3v) is 4.19. The van der Waals surface area contributed by atoms with E-state index in [-0.39, 0.29) is 23.5 Å². The summed E-state index contributed by atoms with van der Waals surface area (Å²) in [5, 5.41) is 5.99. The van der Waals surface area contributed by atoms with Gasteiger partial charge in [-0.25, -0.2) is 4.39 Å². The number of rotatable bonds is 6. The topological polar surface area (TPSA) is 72.5 Å². The van der Waals surface area contributed by atoms with Gasteiger partial charge in [-0.15, -0.1) is 0 Å². The molecule has 1 aromatic heterocycles. The molecule has 0 radical (unpaired) electrons. The lowest BCUT2D eigenvalue weighted by molar-refractivity contribution is -0.111. The Labute approximate surface area is 157 Å². The van der Waals surface area contributed by atoms with Crippen LogP contribution in [0.1, 0.15) is 18.4 Å². The minimum atomic E-state index is -0.486. The van der Waals surface area contributed by atoms with Gasteiger partial charge in [0.2, 0.25) is 5.91 Å². The van der Waals surface area contributed by atoms with Gasteiger partial charge in [0.05, 0.1) is 7.11 Å². The highest BCUT2D eigenvalue weighted by atomic mass is 19.1. The fraction of sp³-hybridized carbons (Fsp3) is 0.300. The van der Waals surface area contributed by atoms with Crippen molar-refractivity contribution in [3.63, 3.8) is 0 Å². The number of methoxy groups -OCH3 is 1. The molecule has 142 valence electrons. The van der Waals surface area contributed by atoms with Crippen LogP contribution < -0.4 is 20.1 Å². The number of halogens is 1. The monoisotopic (exact) mass is 371 g/mol. The average molecular weight is 371 g/mol. The molecule has 1 amide bonds. The Balaban J connectivity index is 1.79. The van der Waals surface area contributed by atoms with E-state index in [0.717, 1.165) is 31.5 Å². The quantitative estimate of drug-likeness (QED) is 0.764. The van der Waals surface area contributed by atoms with E-state index in [1.807, 2.05) is 6.07 Å². The third kappa shape index (κ3) is 5.27. The smallest absolute Gasteiger partial charge is 0.248 e. The fourth-order valence-corrected chi connectivity index (χ4v) is 2.84. The molecule has 27 heavy (non-hydrogen) atoms. The second kappa shape index (κ2) is 9.14. The van der Waals surface area contributed by atoms with Crippen LogP contribution in [0.15, 0.2) is 42.7 Å². The Morgan fingerprint density at radius 1 is 1.33 bits per heavy atom. The first-order valence-corrected chi connectivity index (χ1v) is 8.79. The number of amides is 1. The highest BCUT2D eigenvalue weighted by Gasteiger charge is 2.20. The van der Waals surface area contributed by atoms with Crippen LogP contribution in [-0.2, 0) is 4.79 Å². The zero-order valence-electron chi connectivity index (χ0n) is 15.1. The van der Waals surface area contributed by atoms with Crippen molar-refractivity contribution in [3.05, 3.63) is 54.1 Å². The van der Waals surface area contributed by atoms with Crippen LogP contribution in [0.5, 0.6) is 11.5 Å². The first kappa shape index (κ1) is 18.8. The van der Waals surface area contributed by atoms with Crippen molar-refractivity contribution in [2.24, 2.45) is 0 Å². The van der Waals surface area contributed by atoms with Crippen LogP contribution in [0, 0.1) is 5.82 Å². The van der Waals surface area contributed by atoms with E-state index in [1.54, 1.807) is 24.5 Å². The minimum Gasteiger partial charge on any atom is -0.494 e. The standard InChI is InChI=1S/C20H22FN3O3/c1-26-17-11-15(21)12-18(27-16-6-9-22-10-7-16)20(17)24-19(25)5-4-14-3-2-8-23-13-14/h2-5,8,11-13,16,22H,6-7,9-10H2,1H3,(H,24,25)/b5-4+. The Morgan fingerprint density at radius 3 is 2.81 bits per heavy atom. The maximum Gasteiger partial charge on any atom is 0.248 e. The number of nitrogens with zero attached hydrogens (tertiary/aromatic N) is 1. The minimum absolute atomic E-state index is 0.0423. The van der Waals surface area contributed by atoms with Gasteiger partial charge >= 0.3 is 0 Å². The Morgan fingerprint density at radius 2 is 2.11 bits per heavy atom. The van der Waals surface area contributed by atoms with Crippen LogP contribution in [0.25, 0.3) is 6.08 Å². The number of benzene rings is 1. The zero-order chi connectivity index (χ0) is 19.1. The van der Waals surface area contributed by atoms with Gasteiger partial charge in [0.1, 0.15) is 29.1 Å². The zero-order valence-corrected chi connectivity index (χ0v) is 15.1. The first-order valence-electron chi connectivity index (χ1n) is 8.79. The molecule has 1 saturated heterocycles. The molecule has 7 heteroatoms. The second-order valence-electron chi connectivity index (χ2n) is 6.16. The van der Waals surface area contributed by atoms with Gasteiger partial charge in [-0.2, -0.15) is 0 Å². The van der Waals surface area contributed by atoms with E-state index in [9.17, 15) is 9.18 Å². The number of hydrogen-bond acceptors (Lipinski definition) is 5. The molecule has 2 N–H and O–H groups in total. The summed E-state index contributed by atoms with van der Waals surface area (Å²) in [4.78, 5) is 16.3. The molecule has 1 fully saturated rings. The number of hydrogen-bond donors (Lipinski definition) is 2. The highest BCUT2D eigenvalue weighted by molar-refractivity contribution is 6.03. The molecule has 6 nitrogen and oxygen atoms in total. The van der Waals surface area contributed by atoms with E-state index in [4.69, 9.17) is 9.47 Å². The molecule has 0 bridgehead atoms. The average Bonchev–Trinajstić information content (AvgIpc) is 2.69. The second-order valence-corrected chi connectivity index (χ2v) is 6.16. The Kier molecular flexibility index (Phi) is 6.38. The molecule has 3 rings (SSSR count). The molecule has 0 saturated carbocycles. The first-order chi connectivity index (χ1) is 13.2. The van der Waals surface area contributed by atoms with Crippen molar-refractivity contribution in [2.45, 2.75) is 18.9 Å². The number of carbonyl (C=O) groups excluding carboxylic acids is 1. The summed E-state index contributed by atoms with van der Waals surface area (Å²) in [5.41, 5.74) is 1.11. The van der Waals surface area contributed by atoms with Gasteiger partial charge < -0.3 is 20.1 Å². The highest BCUT2D eigenvalue weighted by Crippen LogP contribution is 2.37. The molecule has 1 aliphatic heterocycles. The summed E-state index contributed by atoms with van der Waals surface area (Å²) >= 11 is 0. The molecular weight excluding hydrogens is 349 g/mol. The number of pyridine rings is 1. The summed E-state index contributed by atoms with van der Waals surface area (Å²) in [5.74, 6) is -0.387. The van der Waals surface area contributed by atoms with Gasteiger partial charge in [-0.1, -0.05) is 6.07 Å². The number of piperidine rings is 1. The summed E-state index contributed by atoms with van der Waals surface area (Å²) in [7, 11) is 1.42. The van der Waals surface area contributed by atoms with Gasteiger partial charge in [0.25, 0.3) is 0 Å². The van der Waals surface area contributed by atoms with Crippen molar-refractivity contribution in [3.8, 4) is 11.5 Å². The normalized spacial score (nSPS) is 14.9.